The molecule has 0 amide bonds. The summed E-state index contributed by atoms with van der Waals surface area (Å²) < 4.78 is 0. The second-order valence-electron chi connectivity index (χ2n) is 5.33. The summed E-state index contributed by atoms with van der Waals surface area (Å²) in [7, 11) is 0. The van der Waals surface area contributed by atoms with Crippen molar-refractivity contribution in [3.8, 4) is 0 Å². The Kier molecular flexibility index (Phi) is 8.07. The second kappa shape index (κ2) is 8.12. The van der Waals surface area contributed by atoms with Crippen molar-refractivity contribution < 1.29 is 5.11 Å². The second-order valence-corrected chi connectivity index (χ2v) is 5.33. The third-order valence-electron chi connectivity index (χ3n) is 3.25. The van der Waals surface area contributed by atoms with Crippen molar-refractivity contribution >= 4 is 0 Å². The van der Waals surface area contributed by atoms with Crippen LogP contribution in [0.3, 0.4) is 0 Å². The molecule has 1 unspecified atom stereocenters. The molecule has 0 aromatic rings. The van der Waals surface area contributed by atoms with Crippen LogP contribution >= 0.6 is 0 Å². The molecule has 0 rings (SSSR count). The largest absolute Gasteiger partial charge is 0.381 e. The van der Waals surface area contributed by atoms with Gasteiger partial charge in [0.1, 0.15) is 0 Å². The highest BCUT2D eigenvalue weighted by Crippen LogP contribution is 2.17. The molecule has 0 heterocycles. The van der Waals surface area contributed by atoms with Crippen molar-refractivity contribution in [1.29, 1.82) is 0 Å². The number of hydrogen-bond acceptors (Lipinski definition) is 2. The van der Waals surface area contributed by atoms with E-state index in [0.29, 0.717) is 0 Å². The van der Waals surface area contributed by atoms with E-state index in [9.17, 15) is 0 Å². The number of nitrogens with one attached hydrogen (secondary N) is 1. The zero-order chi connectivity index (χ0) is 11.7. The number of hydrogen-bond donors (Lipinski definition) is 2. The Morgan fingerprint density at radius 2 is 1.87 bits per heavy atom. The average molecular weight is 215 g/mol. The minimum absolute atomic E-state index is 0.0832. The fourth-order valence-corrected chi connectivity index (χ4v) is 1.74. The van der Waals surface area contributed by atoms with Crippen LogP contribution in [0.2, 0.25) is 0 Å². The summed E-state index contributed by atoms with van der Waals surface area (Å²) >= 11 is 0. The van der Waals surface area contributed by atoms with E-state index in [1.165, 1.54) is 32.1 Å². The summed E-state index contributed by atoms with van der Waals surface area (Å²) in [6, 6.07) is 0. The van der Waals surface area contributed by atoms with Crippen LogP contribution in [0.25, 0.3) is 0 Å². The first-order valence-electron chi connectivity index (χ1n) is 6.37. The molecule has 0 aliphatic heterocycles. The Balaban J connectivity index is 3.37. The molecule has 0 fully saturated rings. The van der Waals surface area contributed by atoms with Crippen LogP contribution in [0.1, 0.15) is 66.2 Å². The molecule has 0 aromatic heterocycles. The first-order chi connectivity index (χ1) is 7.02. The lowest BCUT2D eigenvalue weighted by Gasteiger charge is -2.25. The Labute approximate surface area is 95.5 Å². The van der Waals surface area contributed by atoms with E-state index >= 15 is 0 Å². The van der Waals surface area contributed by atoms with E-state index in [4.69, 9.17) is 5.11 Å². The predicted molar refractivity (Wildman–Crippen MR) is 66.8 cm³/mol. The van der Waals surface area contributed by atoms with E-state index in [1.54, 1.807) is 0 Å². The maximum atomic E-state index is 8.80. The highest BCUT2D eigenvalue weighted by molar-refractivity contribution is 4.75. The fourth-order valence-electron chi connectivity index (χ4n) is 1.74. The average Bonchev–Trinajstić information content (AvgIpc) is 2.16. The molecule has 2 nitrogen and oxygen atoms in total. The zero-order valence-electron chi connectivity index (χ0n) is 11.0. The summed E-state index contributed by atoms with van der Waals surface area (Å²) in [4.78, 5) is 0. The molecular weight excluding hydrogens is 186 g/mol. The highest BCUT2D eigenvalue weighted by Gasteiger charge is 2.14. The van der Waals surface area contributed by atoms with Crippen LogP contribution in [0.4, 0.5) is 0 Å². The fraction of sp³-hybridized carbons (Fsp3) is 1.00. The molecule has 0 spiro atoms. The van der Waals surface area contributed by atoms with Crippen molar-refractivity contribution in [2.75, 3.05) is 6.73 Å². The van der Waals surface area contributed by atoms with Crippen LogP contribution in [-0.2, 0) is 0 Å². The lowest BCUT2D eigenvalue weighted by Crippen LogP contribution is -2.39. The maximum absolute atomic E-state index is 8.80. The molecule has 15 heavy (non-hydrogen) atoms. The number of rotatable bonds is 9. The molecule has 0 saturated heterocycles. The molecule has 0 bridgehead atoms. The van der Waals surface area contributed by atoms with Gasteiger partial charge < -0.3 is 5.11 Å². The molecule has 0 aromatic carbocycles. The van der Waals surface area contributed by atoms with E-state index < -0.39 is 0 Å². The van der Waals surface area contributed by atoms with Crippen molar-refractivity contribution in [3.05, 3.63) is 0 Å². The molecule has 1 atom stereocenters. The van der Waals surface area contributed by atoms with Gasteiger partial charge in [0.2, 0.25) is 0 Å². The molecule has 0 saturated carbocycles. The summed E-state index contributed by atoms with van der Waals surface area (Å²) in [6.07, 6.45) is 7.75. The van der Waals surface area contributed by atoms with Gasteiger partial charge in [0, 0.05) is 5.54 Å². The van der Waals surface area contributed by atoms with E-state index in [0.717, 1.165) is 12.3 Å². The summed E-state index contributed by atoms with van der Waals surface area (Å²) in [5.41, 5.74) is 0.0884. The third-order valence-corrected chi connectivity index (χ3v) is 3.25. The number of aliphatic hydroxyl groups excluding tert-OH is 1. The van der Waals surface area contributed by atoms with Gasteiger partial charge in [-0.3, -0.25) is 5.32 Å². The Bertz CT molecular complexity index is 145. The lowest BCUT2D eigenvalue weighted by molar-refractivity contribution is 0.200. The third kappa shape index (κ3) is 8.88. The van der Waals surface area contributed by atoms with Crippen LogP contribution < -0.4 is 5.32 Å². The Morgan fingerprint density at radius 1 is 1.20 bits per heavy atom. The van der Waals surface area contributed by atoms with Crippen molar-refractivity contribution in [2.45, 2.75) is 71.8 Å². The lowest BCUT2D eigenvalue weighted by atomic mass is 9.95. The van der Waals surface area contributed by atoms with Crippen LogP contribution in [0.15, 0.2) is 0 Å². The van der Waals surface area contributed by atoms with Gasteiger partial charge in [-0.1, -0.05) is 46.0 Å². The van der Waals surface area contributed by atoms with Gasteiger partial charge in [-0.05, 0) is 26.2 Å². The summed E-state index contributed by atoms with van der Waals surface area (Å²) in [6.45, 7) is 8.98. The van der Waals surface area contributed by atoms with Gasteiger partial charge in [0.25, 0.3) is 0 Å². The quantitative estimate of drug-likeness (QED) is 0.457. The summed E-state index contributed by atoms with van der Waals surface area (Å²) in [5, 5.41) is 11.9. The Morgan fingerprint density at radius 3 is 2.40 bits per heavy atom. The topological polar surface area (TPSA) is 32.3 Å². The molecule has 0 radical (unpaired) electrons. The highest BCUT2D eigenvalue weighted by atomic mass is 16.3. The molecular formula is C13H29NO. The van der Waals surface area contributed by atoms with Gasteiger partial charge >= 0.3 is 0 Å². The molecule has 2 heteroatoms. The van der Waals surface area contributed by atoms with Gasteiger partial charge in [0.05, 0.1) is 6.73 Å². The standard InChI is InChI=1S/C13H29NO/c1-5-12(2)9-7-6-8-10-13(3,4)14-11-15/h12,14-15H,5-11H2,1-4H3. The first-order valence-corrected chi connectivity index (χ1v) is 6.37. The molecule has 2 N–H and O–H groups in total. The van der Waals surface area contributed by atoms with Gasteiger partial charge in [0.15, 0.2) is 0 Å². The van der Waals surface area contributed by atoms with Gasteiger partial charge in [-0.2, -0.15) is 0 Å². The van der Waals surface area contributed by atoms with Crippen molar-refractivity contribution in [1.82, 2.24) is 5.32 Å². The van der Waals surface area contributed by atoms with Crippen LogP contribution in [-0.4, -0.2) is 17.4 Å². The maximum Gasteiger partial charge on any atom is 0.0935 e. The predicted octanol–water partition coefficient (Wildman–Crippen LogP) is 3.30. The monoisotopic (exact) mass is 215 g/mol. The number of aliphatic hydroxyl groups is 1. The van der Waals surface area contributed by atoms with E-state index in [1.807, 2.05) is 0 Å². The SMILES string of the molecule is CCC(C)CCCCCC(C)(C)NCO. The van der Waals surface area contributed by atoms with Crippen molar-refractivity contribution in [3.63, 3.8) is 0 Å². The minimum atomic E-state index is 0.0832. The van der Waals surface area contributed by atoms with E-state index in [2.05, 4.69) is 33.0 Å². The van der Waals surface area contributed by atoms with Crippen molar-refractivity contribution in [2.24, 2.45) is 5.92 Å². The van der Waals surface area contributed by atoms with Gasteiger partial charge in [-0.25, -0.2) is 0 Å². The van der Waals surface area contributed by atoms with Gasteiger partial charge in [-0.15, -0.1) is 0 Å². The van der Waals surface area contributed by atoms with Crippen LogP contribution in [0.5, 0.6) is 0 Å². The molecule has 0 aliphatic rings. The normalized spacial score (nSPS) is 14.2. The number of unbranched alkanes of at least 4 members (excludes halogenated alkanes) is 2. The van der Waals surface area contributed by atoms with E-state index in [-0.39, 0.29) is 12.3 Å². The smallest absolute Gasteiger partial charge is 0.0935 e. The molecule has 92 valence electrons. The van der Waals surface area contributed by atoms with Crippen LogP contribution in [0, 0.1) is 5.92 Å². The minimum Gasteiger partial charge on any atom is -0.381 e. The zero-order valence-corrected chi connectivity index (χ0v) is 11.0. The Hall–Kier alpha value is -0.0800. The molecule has 0 aliphatic carbocycles. The summed E-state index contributed by atoms with van der Waals surface area (Å²) in [5.74, 6) is 0.883. The first kappa shape index (κ1) is 14.9.